The predicted molar refractivity (Wildman–Crippen MR) is 73.4 cm³/mol. The third kappa shape index (κ3) is 3.58. The molecule has 1 amide bonds. The van der Waals surface area contributed by atoms with Crippen molar-refractivity contribution in [3.05, 3.63) is 0 Å². The molecule has 7 nitrogen and oxygen atoms in total. The standard InChI is InChI=1S/C14H19N3O4/c1-3-4-6-14(15-16-14)7-5-12(18)17-9-10(21-2)8-11(17)13(19)20/h1,10-11H,4-9H2,2H3,(H,19,20). The minimum Gasteiger partial charge on any atom is -0.480 e. The van der Waals surface area contributed by atoms with Gasteiger partial charge in [-0.05, 0) is 0 Å². The maximum atomic E-state index is 12.3. The number of carboxylic acid groups (broad SMARTS) is 1. The van der Waals surface area contributed by atoms with Gasteiger partial charge in [-0.25, -0.2) is 4.79 Å². The van der Waals surface area contributed by atoms with Crippen LogP contribution in [-0.2, 0) is 14.3 Å². The Morgan fingerprint density at radius 2 is 2.19 bits per heavy atom. The van der Waals surface area contributed by atoms with Crippen molar-refractivity contribution in [1.29, 1.82) is 0 Å². The molecule has 2 atom stereocenters. The van der Waals surface area contributed by atoms with E-state index in [2.05, 4.69) is 16.1 Å². The van der Waals surface area contributed by atoms with Crippen molar-refractivity contribution >= 4 is 11.9 Å². The Bertz CT molecular complexity index is 491. The molecule has 0 bridgehead atoms. The monoisotopic (exact) mass is 293 g/mol. The van der Waals surface area contributed by atoms with Gasteiger partial charge < -0.3 is 14.7 Å². The molecule has 0 aromatic carbocycles. The first-order chi connectivity index (χ1) is 10.0. The van der Waals surface area contributed by atoms with Crippen molar-refractivity contribution in [2.75, 3.05) is 13.7 Å². The smallest absolute Gasteiger partial charge is 0.326 e. The van der Waals surface area contributed by atoms with E-state index in [1.54, 1.807) is 0 Å². The third-order valence-corrected chi connectivity index (χ3v) is 3.99. The van der Waals surface area contributed by atoms with Gasteiger partial charge in [0.25, 0.3) is 0 Å². The molecular formula is C14H19N3O4. The van der Waals surface area contributed by atoms with Crippen molar-refractivity contribution in [2.24, 2.45) is 10.2 Å². The highest BCUT2D eigenvalue weighted by Crippen LogP contribution is 2.38. The second kappa shape index (κ2) is 6.22. The van der Waals surface area contributed by atoms with Gasteiger partial charge in [-0.3, -0.25) is 4.79 Å². The SMILES string of the molecule is C#CCCC1(CCC(=O)N2CC(OC)CC2C(=O)O)N=N1. The summed E-state index contributed by atoms with van der Waals surface area (Å²) in [5.74, 6) is 1.34. The van der Waals surface area contributed by atoms with Gasteiger partial charge in [-0.15, -0.1) is 12.3 Å². The van der Waals surface area contributed by atoms with Crippen LogP contribution in [0.25, 0.3) is 0 Å². The lowest BCUT2D eigenvalue weighted by Gasteiger charge is -2.21. The Morgan fingerprint density at radius 3 is 2.71 bits per heavy atom. The number of amides is 1. The van der Waals surface area contributed by atoms with Crippen LogP contribution in [0.4, 0.5) is 0 Å². The van der Waals surface area contributed by atoms with E-state index in [1.807, 2.05) is 0 Å². The number of carboxylic acids is 1. The Morgan fingerprint density at radius 1 is 1.48 bits per heavy atom. The molecule has 0 radical (unpaired) electrons. The lowest BCUT2D eigenvalue weighted by molar-refractivity contribution is -0.148. The summed E-state index contributed by atoms with van der Waals surface area (Å²) in [6.45, 7) is 0.317. The molecule has 0 aromatic heterocycles. The molecule has 0 saturated carbocycles. The number of terminal acetylenes is 1. The zero-order valence-corrected chi connectivity index (χ0v) is 12.0. The zero-order chi connectivity index (χ0) is 15.5. The van der Waals surface area contributed by atoms with Gasteiger partial charge >= 0.3 is 5.97 Å². The predicted octanol–water partition coefficient (Wildman–Crippen LogP) is 1.04. The quantitative estimate of drug-likeness (QED) is 0.710. The molecule has 2 unspecified atom stereocenters. The van der Waals surface area contributed by atoms with Crippen molar-refractivity contribution in [3.8, 4) is 12.3 Å². The van der Waals surface area contributed by atoms with Crippen LogP contribution in [0.15, 0.2) is 10.2 Å². The van der Waals surface area contributed by atoms with Crippen molar-refractivity contribution in [3.63, 3.8) is 0 Å². The van der Waals surface area contributed by atoms with E-state index < -0.39 is 17.7 Å². The van der Waals surface area contributed by atoms with E-state index >= 15 is 0 Å². The molecular weight excluding hydrogens is 274 g/mol. The normalized spacial score (nSPS) is 25.6. The van der Waals surface area contributed by atoms with E-state index in [4.69, 9.17) is 11.2 Å². The fourth-order valence-corrected chi connectivity index (χ4v) is 2.60. The van der Waals surface area contributed by atoms with Crippen LogP contribution in [0.2, 0.25) is 0 Å². The minimum absolute atomic E-state index is 0.195. The summed E-state index contributed by atoms with van der Waals surface area (Å²) in [6.07, 6.45) is 7.22. The van der Waals surface area contributed by atoms with Crippen LogP contribution in [0.1, 0.15) is 32.1 Å². The fraction of sp³-hybridized carbons (Fsp3) is 0.714. The second-order valence-electron chi connectivity index (χ2n) is 5.38. The fourth-order valence-electron chi connectivity index (χ4n) is 2.60. The molecule has 21 heavy (non-hydrogen) atoms. The number of hydrogen-bond acceptors (Lipinski definition) is 5. The number of carbonyl (C=O) groups is 2. The maximum absolute atomic E-state index is 12.3. The summed E-state index contributed by atoms with van der Waals surface area (Å²) >= 11 is 0. The summed E-state index contributed by atoms with van der Waals surface area (Å²) < 4.78 is 5.17. The molecule has 2 heterocycles. The molecule has 7 heteroatoms. The topological polar surface area (TPSA) is 91.6 Å². The summed E-state index contributed by atoms with van der Waals surface area (Å²) in [4.78, 5) is 24.9. The molecule has 2 aliphatic rings. The van der Waals surface area contributed by atoms with E-state index in [9.17, 15) is 14.7 Å². The van der Waals surface area contributed by atoms with Crippen LogP contribution in [0.5, 0.6) is 0 Å². The highest BCUT2D eigenvalue weighted by atomic mass is 16.5. The Hall–Kier alpha value is -1.94. The first-order valence-corrected chi connectivity index (χ1v) is 6.94. The van der Waals surface area contributed by atoms with E-state index in [0.29, 0.717) is 32.2 Å². The average Bonchev–Trinajstić information content (AvgIpc) is 3.10. The number of aliphatic carboxylic acids is 1. The number of rotatable bonds is 7. The number of hydrogen-bond donors (Lipinski definition) is 1. The second-order valence-corrected chi connectivity index (χ2v) is 5.38. The van der Waals surface area contributed by atoms with Crippen molar-refractivity contribution in [2.45, 2.75) is 49.9 Å². The van der Waals surface area contributed by atoms with Gasteiger partial charge in [-0.2, -0.15) is 10.2 Å². The maximum Gasteiger partial charge on any atom is 0.326 e. The average molecular weight is 293 g/mol. The van der Waals surface area contributed by atoms with Crippen LogP contribution in [-0.4, -0.2) is 53.3 Å². The van der Waals surface area contributed by atoms with Gasteiger partial charge in [0.15, 0.2) is 5.66 Å². The van der Waals surface area contributed by atoms with Crippen molar-refractivity contribution < 1.29 is 19.4 Å². The molecule has 0 aliphatic carbocycles. The van der Waals surface area contributed by atoms with E-state index in [1.165, 1.54) is 12.0 Å². The number of likely N-dealkylation sites (tertiary alicyclic amines) is 1. The number of ether oxygens (including phenoxy) is 1. The molecule has 1 N–H and O–H groups in total. The minimum atomic E-state index is -0.995. The molecule has 0 aromatic rings. The van der Waals surface area contributed by atoms with Gasteiger partial charge in [0, 0.05) is 45.8 Å². The van der Waals surface area contributed by atoms with Gasteiger partial charge in [0.2, 0.25) is 5.91 Å². The Labute approximate surface area is 123 Å². The third-order valence-electron chi connectivity index (χ3n) is 3.99. The van der Waals surface area contributed by atoms with Crippen molar-refractivity contribution in [1.82, 2.24) is 4.90 Å². The molecule has 2 aliphatic heterocycles. The van der Waals surface area contributed by atoms with Gasteiger partial charge in [0.1, 0.15) is 6.04 Å². The lowest BCUT2D eigenvalue weighted by Crippen LogP contribution is -2.40. The summed E-state index contributed by atoms with van der Waals surface area (Å²) in [5.41, 5.74) is -0.513. The summed E-state index contributed by atoms with van der Waals surface area (Å²) in [6, 6.07) is -0.808. The Balaban J connectivity index is 1.88. The summed E-state index contributed by atoms with van der Waals surface area (Å²) in [5, 5.41) is 17.1. The number of carbonyl (C=O) groups excluding carboxylic acids is 1. The molecule has 2 rings (SSSR count). The first kappa shape index (κ1) is 15.4. The number of methoxy groups -OCH3 is 1. The molecule has 0 spiro atoms. The zero-order valence-electron chi connectivity index (χ0n) is 12.0. The summed E-state index contributed by atoms with van der Waals surface area (Å²) in [7, 11) is 1.52. The van der Waals surface area contributed by atoms with Gasteiger partial charge in [0.05, 0.1) is 6.10 Å². The first-order valence-electron chi connectivity index (χ1n) is 6.94. The Kier molecular flexibility index (Phi) is 4.58. The largest absolute Gasteiger partial charge is 0.480 e. The molecule has 1 fully saturated rings. The van der Waals surface area contributed by atoms with Crippen LogP contribution >= 0.6 is 0 Å². The van der Waals surface area contributed by atoms with Crippen LogP contribution in [0, 0.1) is 12.3 Å². The number of nitrogens with zero attached hydrogens (tertiary/aromatic N) is 3. The highest BCUT2D eigenvalue weighted by molar-refractivity contribution is 5.84. The van der Waals surface area contributed by atoms with Crippen LogP contribution < -0.4 is 0 Å². The van der Waals surface area contributed by atoms with E-state index in [-0.39, 0.29) is 18.4 Å². The lowest BCUT2D eigenvalue weighted by atomic mass is 10.0. The molecule has 1 saturated heterocycles. The van der Waals surface area contributed by atoms with Gasteiger partial charge in [-0.1, -0.05) is 0 Å². The van der Waals surface area contributed by atoms with Crippen LogP contribution in [0.3, 0.4) is 0 Å². The van der Waals surface area contributed by atoms with E-state index in [0.717, 1.165) is 0 Å². The molecule has 114 valence electrons. The highest BCUT2D eigenvalue weighted by Gasteiger charge is 2.43.